The van der Waals surface area contributed by atoms with Gasteiger partial charge in [-0.2, -0.15) is 0 Å². The zero-order valence-corrected chi connectivity index (χ0v) is 15.2. The van der Waals surface area contributed by atoms with Gasteiger partial charge >= 0.3 is 5.97 Å². The first-order valence-electron chi connectivity index (χ1n) is 7.87. The molecule has 25 heavy (non-hydrogen) atoms. The van der Waals surface area contributed by atoms with Gasteiger partial charge < -0.3 is 4.74 Å². The van der Waals surface area contributed by atoms with Crippen molar-refractivity contribution in [1.82, 2.24) is 14.8 Å². The van der Waals surface area contributed by atoms with E-state index in [-0.39, 0.29) is 5.97 Å². The highest BCUT2D eigenvalue weighted by Crippen LogP contribution is 2.25. The molecule has 2 aromatic carbocycles. The van der Waals surface area contributed by atoms with Crippen LogP contribution in [0.4, 0.5) is 0 Å². The maximum atomic E-state index is 11.7. The van der Waals surface area contributed by atoms with Crippen LogP contribution in [-0.2, 0) is 10.5 Å². The number of esters is 1. The SMILES string of the molecule is COC(=O)c1cccc(CSc2nnc(C)n2-c2cccc(C)c2)c1. The van der Waals surface area contributed by atoms with E-state index >= 15 is 0 Å². The number of aryl methyl sites for hydroxylation is 2. The minimum Gasteiger partial charge on any atom is -0.465 e. The highest BCUT2D eigenvalue weighted by molar-refractivity contribution is 7.98. The molecule has 0 aliphatic heterocycles. The number of thioether (sulfide) groups is 1. The molecular formula is C19H19N3O2S. The summed E-state index contributed by atoms with van der Waals surface area (Å²) in [5.41, 5.74) is 3.82. The average Bonchev–Trinajstić information content (AvgIpc) is 3.00. The second-order valence-electron chi connectivity index (χ2n) is 5.68. The molecule has 0 fully saturated rings. The van der Waals surface area contributed by atoms with Crippen LogP contribution < -0.4 is 0 Å². The summed E-state index contributed by atoms with van der Waals surface area (Å²) < 4.78 is 6.82. The maximum absolute atomic E-state index is 11.7. The minimum atomic E-state index is -0.328. The van der Waals surface area contributed by atoms with E-state index in [2.05, 4.69) is 29.3 Å². The van der Waals surface area contributed by atoms with Crippen molar-refractivity contribution >= 4 is 17.7 Å². The van der Waals surface area contributed by atoms with Gasteiger partial charge in [0.1, 0.15) is 5.82 Å². The van der Waals surface area contributed by atoms with Crippen molar-refractivity contribution in [2.24, 2.45) is 0 Å². The fourth-order valence-electron chi connectivity index (χ4n) is 2.55. The molecule has 3 rings (SSSR count). The topological polar surface area (TPSA) is 57.0 Å². The zero-order valence-electron chi connectivity index (χ0n) is 14.4. The first kappa shape index (κ1) is 17.2. The van der Waals surface area contributed by atoms with Crippen LogP contribution in [0.3, 0.4) is 0 Å². The molecule has 1 aromatic heterocycles. The minimum absolute atomic E-state index is 0.328. The van der Waals surface area contributed by atoms with Gasteiger partial charge in [-0.25, -0.2) is 4.79 Å². The van der Waals surface area contributed by atoms with E-state index in [0.29, 0.717) is 11.3 Å². The Kier molecular flexibility index (Phi) is 5.19. The lowest BCUT2D eigenvalue weighted by Crippen LogP contribution is -2.02. The quantitative estimate of drug-likeness (QED) is 0.513. The van der Waals surface area contributed by atoms with Gasteiger partial charge in [-0.1, -0.05) is 36.0 Å². The molecule has 0 aliphatic carbocycles. The van der Waals surface area contributed by atoms with Crippen LogP contribution in [0.25, 0.3) is 5.69 Å². The van der Waals surface area contributed by atoms with Gasteiger partial charge in [-0.05, 0) is 49.2 Å². The Bertz CT molecular complexity index is 905. The molecule has 128 valence electrons. The fraction of sp³-hybridized carbons (Fsp3) is 0.211. The number of benzene rings is 2. The van der Waals surface area contributed by atoms with Crippen LogP contribution in [-0.4, -0.2) is 27.8 Å². The number of methoxy groups -OCH3 is 1. The molecule has 0 unspecified atom stereocenters. The number of carbonyl (C=O) groups excluding carboxylic acids is 1. The number of rotatable bonds is 5. The van der Waals surface area contributed by atoms with Crippen molar-refractivity contribution in [1.29, 1.82) is 0 Å². The average molecular weight is 353 g/mol. The highest BCUT2D eigenvalue weighted by atomic mass is 32.2. The van der Waals surface area contributed by atoms with E-state index in [0.717, 1.165) is 22.2 Å². The van der Waals surface area contributed by atoms with E-state index in [4.69, 9.17) is 4.74 Å². The molecule has 0 atom stereocenters. The monoisotopic (exact) mass is 353 g/mol. The van der Waals surface area contributed by atoms with Gasteiger partial charge in [0.2, 0.25) is 0 Å². The largest absolute Gasteiger partial charge is 0.465 e. The Labute approximate surface area is 151 Å². The molecule has 0 saturated heterocycles. The molecule has 0 saturated carbocycles. The third kappa shape index (κ3) is 3.91. The summed E-state index contributed by atoms with van der Waals surface area (Å²) in [6.07, 6.45) is 0. The summed E-state index contributed by atoms with van der Waals surface area (Å²) in [6.45, 7) is 4.01. The smallest absolute Gasteiger partial charge is 0.337 e. The van der Waals surface area contributed by atoms with Crippen LogP contribution in [0.15, 0.2) is 53.7 Å². The van der Waals surface area contributed by atoms with E-state index < -0.39 is 0 Å². The van der Waals surface area contributed by atoms with E-state index in [1.54, 1.807) is 17.8 Å². The molecule has 0 bridgehead atoms. The van der Waals surface area contributed by atoms with E-state index in [1.807, 2.05) is 41.8 Å². The van der Waals surface area contributed by atoms with Gasteiger partial charge in [0.25, 0.3) is 0 Å². The summed E-state index contributed by atoms with van der Waals surface area (Å²) in [4.78, 5) is 11.7. The zero-order chi connectivity index (χ0) is 17.8. The van der Waals surface area contributed by atoms with Crippen molar-refractivity contribution < 1.29 is 9.53 Å². The number of ether oxygens (including phenoxy) is 1. The predicted molar refractivity (Wildman–Crippen MR) is 98.2 cm³/mol. The van der Waals surface area contributed by atoms with Crippen LogP contribution in [0.1, 0.15) is 27.3 Å². The third-order valence-corrected chi connectivity index (χ3v) is 4.77. The summed E-state index contributed by atoms with van der Waals surface area (Å²) in [5, 5.41) is 9.33. The Morgan fingerprint density at radius 3 is 2.68 bits per heavy atom. The van der Waals surface area contributed by atoms with Crippen molar-refractivity contribution in [2.75, 3.05) is 7.11 Å². The van der Waals surface area contributed by atoms with Gasteiger partial charge in [-0.3, -0.25) is 4.57 Å². The fourth-order valence-corrected chi connectivity index (χ4v) is 3.50. The summed E-state index contributed by atoms with van der Waals surface area (Å²) in [7, 11) is 1.39. The summed E-state index contributed by atoms with van der Waals surface area (Å²) in [6, 6.07) is 15.7. The van der Waals surface area contributed by atoms with Crippen LogP contribution in [0.2, 0.25) is 0 Å². The number of nitrogens with zero attached hydrogens (tertiary/aromatic N) is 3. The highest BCUT2D eigenvalue weighted by Gasteiger charge is 2.12. The number of hydrogen-bond acceptors (Lipinski definition) is 5. The Morgan fingerprint density at radius 1 is 1.12 bits per heavy atom. The van der Waals surface area contributed by atoms with Crippen molar-refractivity contribution in [3.05, 3.63) is 71.0 Å². The number of carbonyl (C=O) groups is 1. The molecular weight excluding hydrogens is 334 g/mol. The van der Waals surface area contributed by atoms with Gasteiger partial charge in [-0.15, -0.1) is 10.2 Å². The summed E-state index contributed by atoms with van der Waals surface area (Å²) in [5.74, 6) is 1.21. The van der Waals surface area contributed by atoms with Gasteiger partial charge in [0, 0.05) is 11.4 Å². The molecule has 0 amide bonds. The normalized spacial score (nSPS) is 10.7. The van der Waals surface area contributed by atoms with Crippen LogP contribution in [0.5, 0.6) is 0 Å². The third-order valence-electron chi connectivity index (χ3n) is 3.77. The van der Waals surface area contributed by atoms with Crippen molar-refractivity contribution in [3.63, 3.8) is 0 Å². The second-order valence-corrected chi connectivity index (χ2v) is 6.63. The predicted octanol–water partition coefficient (Wildman–Crippen LogP) is 3.96. The number of hydrogen-bond donors (Lipinski definition) is 0. The lowest BCUT2D eigenvalue weighted by Gasteiger charge is -2.09. The van der Waals surface area contributed by atoms with Crippen LogP contribution in [0, 0.1) is 13.8 Å². The molecule has 0 spiro atoms. The van der Waals surface area contributed by atoms with Crippen molar-refractivity contribution in [2.45, 2.75) is 24.8 Å². The van der Waals surface area contributed by atoms with E-state index in [9.17, 15) is 4.79 Å². The van der Waals surface area contributed by atoms with Crippen LogP contribution >= 0.6 is 11.8 Å². The maximum Gasteiger partial charge on any atom is 0.337 e. The summed E-state index contributed by atoms with van der Waals surface area (Å²) >= 11 is 1.59. The molecule has 1 heterocycles. The lowest BCUT2D eigenvalue weighted by molar-refractivity contribution is 0.0600. The van der Waals surface area contributed by atoms with Crippen molar-refractivity contribution in [3.8, 4) is 5.69 Å². The molecule has 0 N–H and O–H groups in total. The lowest BCUT2D eigenvalue weighted by atomic mass is 10.1. The first-order valence-corrected chi connectivity index (χ1v) is 8.86. The van der Waals surface area contributed by atoms with Gasteiger partial charge in [0.05, 0.1) is 12.7 Å². The standard InChI is InChI=1S/C19H19N3O2S/c1-13-6-4-9-17(10-13)22-14(2)20-21-19(22)25-12-15-7-5-8-16(11-15)18(23)24-3/h4-11H,12H2,1-3H3. The van der Waals surface area contributed by atoms with Gasteiger partial charge in [0.15, 0.2) is 5.16 Å². The Balaban J connectivity index is 1.82. The molecule has 6 heteroatoms. The molecule has 3 aromatic rings. The number of aromatic nitrogens is 3. The molecule has 0 aliphatic rings. The Hall–Kier alpha value is -2.60. The second kappa shape index (κ2) is 7.53. The Morgan fingerprint density at radius 2 is 1.92 bits per heavy atom. The molecule has 0 radical (unpaired) electrons. The molecule has 5 nitrogen and oxygen atoms in total. The first-order chi connectivity index (χ1) is 12.1. The van der Waals surface area contributed by atoms with E-state index in [1.165, 1.54) is 12.7 Å².